The van der Waals surface area contributed by atoms with Crippen LogP contribution in [0.3, 0.4) is 0 Å². The number of esters is 1. The Kier molecular flexibility index (Phi) is 4.15. The molecule has 0 amide bonds. The van der Waals surface area contributed by atoms with Gasteiger partial charge in [-0.3, -0.25) is 4.68 Å². The Bertz CT molecular complexity index is 1110. The number of aromatic nitrogens is 6. The molecule has 0 aliphatic heterocycles. The molecule has 0 unspecified atom stereocenters. The second-order valence-electron chi connectivity index (χ2n) is 6.03. The van der Waals surface area contributed by atoms with Crippen LogP contribution in [0.25, 0.3) is 15.9 Å². The Labute approximate surface area is 153 Å². The van der Waals surface area contributed by atoms with E-state index in [1.165, 1.54) is 11.3 Å². The summed E-state index contributed by atoms with van der Waals surface area (Å²) in [6.45, 7) is 6.75. The lowest BCUT2D eigenvalue weighted by Gasteiger charge is -1.99. The van der Waals surface area contributed by atoms with Gasteiger partial charge in [0.15, 0.2) is 11.5 Å². The van der Waals surface area contributed by atoms with Crippen LogP contribution in [-0.2, 0) is 17.7 Å². The summed E-state index contributed by atoms with van der Waals surface area (Å²) in [4.78, 5) is 22.6. The van der Waals surface area contributed by atoms with Gasteiger partial charge in [0.1, 0.15) is 16.0 Å². The van der Waals surface area contributed by atoms with Gasteiger partial charge in [0.05, 0.1) is 18.2 Å². The van der Waals surface area contributed by atoms with Gasteiger partial charge in [-0.05, 0) is 31.9 Å². The first-order valence-corrected chi connectivity index (χ1v) is 9.18. The van der Waals surface area contributed by atoms with Crippen LogP contribution in [0.5, 0.6) is 0 Å². The number of carbonyl (C=O) groups is 1. The van der Waals surface area contributed by atoms with Crippen molar-refractivity contribution in [2.24, 2.45) is 0 Å². The first kappa shape index (κ1) is 16.6. The van der Waals surface area contributed by atoms with Gasteiger partial charge in [-0.25, -0.2) is 19.3 Å². The minimum Gasteiger partial charge on any atom is -0.462 e. The molecule has 0 spiro atoms. The Hall–Kier alpha value is -2.81. The van der Waals surface area contributed by atoms with Crippen LogP contribution >= 0.6 is 11.3 Å². The van der Waals surface area contributed by atoms with Crippen LogP contribution in [0.4, 0.5) is 0 Å². The van der Waals surface area contributed by atoms with Crippen molar-refractivity contribution in [2.45, 2.75) is 33.7 Å². The molecule has 0 atom stereocenters. The van der Waals surface area contributed by atoms with Gasteiger partial charge in [0.2, 0.25) is 0 Å². The Morgan fingerprint density at radius 2 is 2.19 bits per heavy atom. The van der Waals surface area contributed by atoms with E-state index in [2.05, 4.69) is 20.2 Å². The van der Waals surface area contributed by atoms with Crippen molar-refractivity contribution in [3.8, 4) is 0 Å². The van der Waals surface area contributed by atoms with Crippen molar-refractivity contribution in [3.05, 3.63) is 40.5 Å². The molecule has 0 radical (unpaired) electrons. The van der Waals surface area contributed by atoms with Crippen LogP contribution in [0.15, 0.2) is 18.7 Å². The number of fused-ring (bicyclic) bond motifs is 3. The molecule has 8 nitrogen and oxygen atoms in total. The van der Waals surface area contributed by atoms with E-state index in [9.17, 15) is 4.79 Å². The molecule has 4 heterocycles. The monoisotopic (exact) mass is 370 g/mol. The fourth-order valence-electron chi connectivity index (χ4n) is 2.88. The molecular formula is C17H18N6O2S. The Morgan fingerprint density at radius 3 is 2.92 bits per heavy atom. The van der Waals surface area contributed by atoms with E-state index in [1.54, 1.807) is 17.8 Å². The maximum absolute atomic E-state index is 12.1. The Balaban J connectivity index is 1.70. The first-order valence-electron chi connectivity index (χ1n) is 8.36. The summed E-state index contributed by atoms with van der Waals surface area (Å²) in [5.41, 5.74) is 2.67. The maximum Gasteiger partial charge on any atom is 0.348 e. The van der Waals surface area contributed by atoms with E-state index in [-0.39, 0.29) is 5.97 Å². The number of hydrogen-bond donors (Lipinski definition) is 0. The molecule has 4 rings (SSSR count). The summed E-state index contributed by atoms with van der Waals surface area (Å²) in [7, 11) is 0. The molecule has 0 saturated heterocycles. The molecule has 134 valence electrons. The molecule has 0 aliphatic carbocycles. The third-order valence-corrected chi connectivity index (χ3v) is 5.28. The van der Waals surface area contributed by atoms with Gasteiger partial charge in [0.25, 0.3) is 0 Å². The van der Waals surface area contributed by atoms with E-state index in [4.69, 9.17) is 4.74 Å². The SMILES string of the molecule is CCOC(=O)c1sc2ncn3nc(CCn4cc(C)cn4)nc3c2c1C. The molecule has 0 saturated carbocycles. The predicted molar refractivity (Wildman–Crippen MR) is 97.5 cm³/mol. The molecule has 0 N–H and O–H groups in total. The number of carbonyl (C=O) groups excluding carboxylic acids is 1. The zero-order valence-electron chi connectivity index (χ0n) is 14.8. The number of rotatable bonds is 5. The van der Waals surface area contributed by atoms with Crippen molar-refractivity contribution < 1.29 is 9.53 Å². The molecule has 0 aliphatic rings. The van der Waals surface area contributed by atoms with Crippen molar-refractivity contribution in [1.82, 2.24) is 29.4 Å². The number of ether oxygens (including phenoxy) is 1. The average molecular weight is 370 g/mol. The second-order valence-corrected chi connectivity index (χ2v) is 7.03. The van der Waals surface area contributed by atoms with Gasteiger partial charge in [0, 0.05) is 19.2 Å². The fourth-order valence-corrected chi connectivity index (χ4v) is 3.92. The van der Waals surface area contributed by atoms with Gasteiger partial charge in [-0.2, -0.15) is 5.10 Å². The van der Waals surface area contributed by atoms with Crippen LogP contribution in [0.1, 0.15) is 33.5 Å². The first-order chi connectivity index (χ1) is 12.6. The van der Waals surface area contributed by atoms with E-state index in [1.807, 2.05) is 30.9 Å². The van der Waals surface area contributed by atoms with Gasteiger partial charge < -0.3 is 4.74 Å². The van der Waals surface area contributed by atoms with Crippen LogP contribution in [0.2, 0.25) is 0 Å². The zero-order chi connectivity index (χ0) is 18.3. The van der Waals surface area contributed by atoms with Crippen LogP contribution in [0, 0.1) is 13.8 Å². The maximum atomic E-state index is 12.1. The lowest BCUT2D eigenvalue weighted by molar-refractivity contribution is 0.0531. The summed E-state index contributed by atoms with van der Waals surface area (Å²) in [5, 5.41) is 9.64. The fraction of sp³-hybridized carbons (Fsp3) is 0.353. The predicted octanol–water partition coefficient (Wildman–Crippen LogP) is 2.57. The number of aryl methyl sites for hydroxylation is 4. The molecule has 4 aromatic heterocycles. The Morgan fingerprint density at radius 1 is 1.35 bits per heavy atom. The van der Waals surface area contributed by atoms with Crippen molar-refractivity contribution >= 4 is 33.2 Å². The second kappa shape index (κ2) is 6.49. The van der Waals surface area contributed by atoms with Crippen LogP contribution in [-0.4, -0.2) is 41.9 Å². The summed E-state index contributed by atoms with van der Waals surface area (Å²) in [6.07, 6.45) is 6.12. The zero-order valence-corrected chi connectivity index (χ0v) is 15.6. The highest BCUT2D eigenvalue weighted by molar-refractivity contribution is 7.20. The number of thiophene rings is 1. The normalized spacial score (nSPS) is 11.5. The van der Waals surface area contributed by atoms with E-state index in [0.29, 0.717) is 30.1 Å². The van der Waals surface area contributed by atoms with Gasteiger partial charge in [-0.1, -0.05) is 0 Å². The summed E-state index contributed by atoms with van der Waals surface area (Å²) in [5.74, 6) is 0.399. The standard InChI is InChI=1S/C17H18N6O2S/c1-4-25-17(24)14-11(3)13-15-20-12(5-6-22-8-10(2)7-19-22)21-23(15)9-18-16(13)26-14/h7-9H,4-6H2,1-3H3. The lowest BCUT2D eigenvalue weighted by atomic mass is 10.2. The molecule has 0 fully saturated rings. The van der Waals surface area contributed by atoms with E-state index in [0.717, 1.165) is 27.2 Å². The van der Waals surface area contributed by atoms with Gasteiger partial charge >= 0.3 is 5.97 Å². The largest absolute Gasteiger partial charge is 0.462 e. The van der Waals surface area contributed by atoms with E-state index < -0.39 is 0 Å². The smallest absolute Gasteiger partial charge is 0.348 e. The highest BCUT2D eigenvalue weighted by Gasteiger charge is 2.20. The van der Waals surface area contributed by atoms with E-state index >= 15 is 0 Å². The molecule has 26 heavy (non-hydrogen) atoms. The summed E-state index contributed by atoms with van der Waals surface area (Å²) >= 11 is 1.33. The van der Waals surface area contributed by atoms with Crippen LogP contribution < -0.4 is 0 Å². The number of nitrogens with zero attached hydrogens (tertiary/aromatic N) is 6. The lowest BCUT2D eigenvalue weighted by Crippen LogP contribution is -2.03. The molecule has 0 bridgehead atoms. The average Bonchev–Trinajstić information content (AvgIpc) is 3.29. The third-order valence-electron chi connectivity index (χ3n) is 4.10. The third kappa shape index (κ3) is 2.84. The highest BCUT2D eigenvalue weighted by atomic mass is 32.1. The van der Waals surface area contributed by atoms with Gasteiger partial charge in [-0.15, -0.1) is 16.4 Å². The van der Waals surface area contributed by atoms with Crippen molar-refractivity contribution in [2.75, 3.05) is 6.61 Å². The minimum absolute atomic E-state index is 0.319. The molecule has 0 aromatic carbocycles. The van der Waals surface area contributed by atoms with Crippen molar-refractivity contribution in [1.29, 1.82) is 0 Å². The molecule has 9 heteroatoms. The summed E-state index contributed by atoms with van der Waals surface area (Å²) in [6, 6.07) is 0. The minimum atomic E-state index is -0.319. The summed E-state index contributed by atoms with van der Waals surface area (Å²) < 4.78 is 8.68. The highest BCUT2D eigenvalue weighted by Crippen LogP contribution is 2.32. The molecular weight excluding hydrogens is 352 g/mol. The molecule has 4 aromatic rings. The number of hydrogen-bond acceptors (Lipinski definition) is 7. The van der Waals surface area contributed by atoms with Crippen molar-refractivity contribution in [3.63, 3.8) is 0 Å². The quantitative estimate of drug-likeness (QED) is 0.502. The topological polar surface area (TPSA) is 87.2 Å².